The van der Waals surface area contributed by atoms with Gasteiger partial charge in [-0.1, -0.05) is 30.3 Å². The molecule has 1 unspecified atom stereocenters. The van der Waals surface area contributed by atoms with Crippen molar-refractivity contribution in [2.75, 3.05) is 0 Å². The monoisotopic (exact) mass is 229 g/mol. The van der Waals surface area contributed by atoms with E-state index < -0.39 is 5.97 Å². The number of carbonyl (C=O) groups excluding carboxylic acids is 2. The third-order valence-electron chi connectivity index (χ3n) is 3.02. The van der Waals surface area contributed by atoms with E-state index in [1.165, 1.54) is 0 Å². The Balaban J connectivity index is 2.32. The molecule has 3 heteroatoms. The molecule has 0 fully saturated rings. The highest BCUT2D eigenvalue weighted by Gasteiger charge is 2.22. The molecule has 0 aliphatic heterocycles. The normalized spacial score (nSPS) is 19.9. The van der Waals surface area contributed by atoms with Crippen molar-refractivity contribution in [3.8, 4) is 0 Å². The molecule has 17 heavy (non-hydrogen) atoms. The molecule has 0 spiro atoms. The van der Waals surface area contributed by atoms with Crippen LogP contribution in [0.15, 0.2) is 36.4 Å². The number of allylic oxidation sites excluding steroid dienone is 2. The van der Waals surface area contributed by atoms with Crippen LogP contribution < -0.4 is 5.11 Å². The predicted molar refractivity (Wildman–Crippen MR) is 61.8 cm³/mol. The van der Waals surface area contributed by atoms with E-state index in [4.69, 9.17) is 0 Å². The van der Waals surface area contributed by atoms with Crippen LogP contribution in [-0.4, -0.2) is 11.8 Å². The van der Waals surface area contributed by atoms with E-state index in [0.29, 0.717) is 12.8 Å². The van der Waals surface area contributed by atoms with Crippen LogP contribution in [0, 0.1) is 5.92 Å². The number of rotatable bonds is 3. The summed E-state index contributed by atoms with van der Waals surface area (Å²) in [7, 11) is 0. The van der Waals surface area contributed by atoms with Crippen molar-refractivity contribution in [3.63, 3.8) is 0 Å². The summed E-state index contributed by atoms with van der Waals surface area (Å²) in [6.07, 6.45) is 2.57. The van der Waals surface area contributed by atoms with Crippen molar-refractivity contribution in [2.45, 2.75) is 19.3 Å². The van der Waals surface area contributed by atoms with Gasteiger partial charge in [-0.2, -0.15) is 0 Å². The number of carbonyl (C=O) groups is 2. The highest BCUT2D eigenvalue weighted by atomic mass is 16.4. The lowest BCUT2D eigenvalue weighted by molar-refractivity contribution is -0.306. The van der Waals surface area contributed by atoms with E-state index in [0.717, 1.165) is 11.1 Å². The molecule has 0 bridgehead atoms. The number of aliphatic carboxylic acids is 1. The van der Waals surface area contributed by atoms with Crippen LogP contribution in [0.2, 0.25) is 0 Å². The van der Waals surface area contributed by atoms with Crippen molar-refractivity contribution >= 4 is 17.3 Å². The predicted octanol–water partition coefficient (Wildman–Crippen LogP) is 1.19. The SMILES string of the molecule is O=C([O-])CC1CCC(=O)C=C1c1ccccc1. The Bertz CT molecular complexity index is 460. The molecule has 2 rings (SSSR count). The van der Waals surface area contributed by atoms with Crippen molar-refractivity contribution in [1.82, 2.24) is 0 Å². The van der Waals surface area contributed by atoms with E-state index >= 15 is 0 Å². The zero-order valence-electron chi connectivity index (χ0n) is 9.39. The first-order valence-electron chi connectivity index (χ1n) is 5.66. The lowest BCUT2D eigenvalue weighted by atomic mass is 9.81. The molecule has 88 valence electrons. The average Bonchev–Trinajstić information content (AvgIpc) is 2.32. The molecule has 1 aliphatic carbocycles. The smallest absolute Gasteiger partial charge is 0.156 e. The summed E-state index contributed by atoms with van der Waals surface area (Å²) in [5.74, 6) is -1.11. The zero-order chi connectivity index (χ0) is 12.3. The third-order valence-corrected chi connectivity index (χ3v) is 3.02. The zero-order valence-corrected chi connectivity index (χ0v) is 9.39. The second-order valence-corrected chi connectivity index (χ2v) is 4.24. The number of benzene rings is 1. The van der Waals surface area contributed by atoms with Gasteiger partial charge in [-0.3, -0.25) is 4.79 Å². The summed E-state index contributed by atoms with van der Waals surface area (Å²) in [4.78, 5) is 22.1. The fraction of sp³-hybridized carbons (Fsp3) is 0.286. The molecule has 0 heterocycles. The van der Waals surface area contributed by atoms with Gasteiger partial charge in [-0.25, -0.2) is 0 Å². The lowest BCUT2D eigenvalue weighted by Crippen LogP contribution is -2.27. The van der Waals surface area contributed by atoms with E-state index in [9.17, 15) is 14.7 Å². The summed E-state index contributed by atoms with van der Waals surface area (Å²) >= 11 is 0. The highest BCUT2D eigenvalue weighted by molar-refractivity contribution is 5.99. The van der Waals surface area contributed by atoms with Crippen molar-refractivity contribution < 1.29 is 14.7 Å². The Morgan fingerprint density at radius 1 is 1.29 bits per heavy atom. The van der Waals surface area contributed by atoms with Crippen molar-refractivity contribution in [3.05, 3.63) is 42.0 Å². The summed E-state index contributed by atoms with van der Waals surface area (Å²) in [5.41, 5.74) is 1.75. The topological polar surface area (TPSA) is 57.2 Å². The minimum atomic E-state index is -1.06. The van der Waals surface area contributed by atoms with Crippen LogP contribution in [0.4, 0.5) is 0 Å². The Kier molecular flexibility index (Phi) is 3.38. The van der Waals surface area contributed by atoms with Crippen LogP contribution in [-0.2, 0) is 9.59 Å². The maximum atomic E-state index is 11.4. The molecule has 1 aliphatic rings. The molecule has 0 saturated carbocycles. The summed E-state index contributed by atoms with van der Waals surface area (Å²) in [6, 6.07) is 9.44. The molecule has 0 amide bonds. The van der Waals surface area contributed by atoms with Gasteiger partial charge in [-0.15, -0.1) is 0 Å². The van der Waals surface area contributed by atoms with Crippen molar-refractivity contribution in [2.24, 2.45) is 5.92 Å². The van der Waals surface area contributed by atoms with Crippen LogP contribution in [0.25, 0.3) is 5.57 Å². The fourth-order valence-corrected chi connectivity index (χ4v) is 2.20. The summed E-state index contributed by atoms with van der Waals surface area (Å²) in [5, 5.41) is 10.7. The van der Waals surface area contributed by atoms with Gasteiger partial charge in [0.2, 0.25) is 0 Å². The second-order valence-electron chi connectivity index (χ2n) is 4.24. The van der Waals surface area contributed by atoms with Gasteiger partial charge >= 0.3 is 0 Å². The Morgan fingerprint density at radius 3 is 2.65 bits per heavy atom. The summed E-state index contributed by atoms with van der Waals surface area (Å²) in [6.45, 7) is 0. The molecule has 3 nitrogen and oxygen atoms in total. The van der Waals surface area contributed by atoms with Gasteiger partial charge in [0, 0.05) is 12.4 Å². The minimum absolute atomic E-state index is 0.0198. The molecule has 1 aromatic carbocycles. The minimum Gasteiger partial charge on any atom is -0.550 e. The molecule has 0 N–H and O–H groups in total. The van der Waals surface area contributed by atoms with Crippen LogP contribution >= 0.6 is 0 Å². The van der Waals surface area contributed by atoms with E-state index in [1.54, 1.807) is 6.08 Å². The number of ketones is 1. The first-order valence-corrected chi connectivity index (χ1v) is 5.66. The van der Waals surface area contributed by atoms with Gasteiger partial charge in [0.25, 0.3) is 0 Å². The average molecular weight is 229 g/mol. The molecular formula is C14H13O3-. The standard InChI is InChI=1S/C14H14O3/c15-12-7-6-11(8-14(16)17)13(9-12)10-4-2-1-3-5-10/h1-5,9,11H,6-8H2,(H,16,17)/p-1. The highest BCUT2D eigenvalue weighted by Crippen LogP contribution is 2.33. The third kappa shape index (κ3) is 2.81. The second kappa shape index (κ2) is 4.95. The Morgan fingerprint density at radius 2 is 2.00 bits per heavy atom. The van der Waals surface area contributed by atoms with Gasteiger partial charge in [-0.05, 0) is 36.0 Å². The number of hydrogen-bond acceptors (Lipinski definition) is 3. The Hall–Kier alpha value is -1.90. The van der Waals surface area contributed by atoms with Crippen LogP contribution in [0.5, 0.6) is 0 Å². The first kappa shape index (κ1) is 11.6. The largest absolute Gasteiger partial charge is 0.550 e. The summed E-state index contributed by atoms with van der Waals surface area (Å²) < 4.78 is 0. The van der Waals surface area contributed by atoms with E-state index in [-0.39, 0.29) is 18.1 Å². The van der Waals surface area contributed by atoms with E-state index in [1.807, 2.05) is 30.3 Å². The van der Waals surface area contributed by atoms with Gasteiger partial charge in [0.05, 0.1) is 0 Å². The molecule has 0 aromatic heterocycles. The molecule has 1 atom stereocenters. The molecule has 0 radical (unpaired) electrons. The quantitative estimate of drug-likeness (QED) is 0.782. The van der Waals surface area contributed by atoms with Gasteiger partial charge in [0.15, 0.2) is 5.78 Å². The van der Waals surface area contributed by atoms with Gasteiger partial charge < -0.3 is 9.90 Å². The van der Waals surface area contributed by atoms with E-state index in [2.05, 4.69) is 0 Å². The Labute approximate surface area is 99.8 Å². The number of hydrogen-bond donors (Lipinski definition) is 0. The van der Waals surface area contributed by atoms with Crippen LogP contribution in [0.3, 0.4) is 0 Å². The molecule has 1 aromatic rings. The first-order chi connectivity index (χ1) is 8.16. The maximum absolute atomic E-state index is 11.4. The van der Waals surface area contributed by atoms with Gasteiger partial charge in [0.1, 0.15) is 0 Å². The lowest BCUT2D eigenvalue weighted by Gasteiger charge is -2.24. The fourth-order valence-electron chi connectivity index (χ4n) is 2.20. The molecular weight excluding hydrogens is 216 g/mol. The number of carboxylic acids is 1. The van der Waals surface area contributed by atoms with Crippen molar-refractivity contribution in [1.29, 1.82) is 0 Å². The number of carboxylic acid groups (broad SMARTS) is 1. The van der Waals surface area contributed by atoms with Crippen LogP contribution in [0.1, 0.15) is 24.8 Å². The maximum Gasteiger partial charge on any atom is 0.156 e. The molecule has 0 saturated heterocycles.